The molecule has 3 N–H and O–H groups in total. The average molecular weight is 531 g/mol. The van der Waals surface area contributed by atoms with E-state index < -0.39 is 23.8 Å². The van der Waals surface area contributed by atoms with E-state index in [9.17, 15) is 24.5 Å². The van der Waals surface area contributed by atoms with Crippen molar-refractivity contribution in [1.82, 2.24) is 14.5 Å². The van der Waals surface area contributed by atoms with Crippen LogP contribution < -0.4 is 15.3 Å². The third-order valence-corrected chi connectivity index (χ3v) is 7.49. The highest BCUT2D eigenvalue weighted by molar-refractivity contribution is 6.35. The van der Waals surface area contributed by atoms with Crippen molar-refractivity contribution < 1.29 is 24.4 Å². The highest BCUT2D eigenvalue weighted by Gasteiger charge is 2.36. The van der Waals surface area contributed by atoms with E-state index in [2.05, 4.69) is 11.6 Å². The molecule has 2 aromatic carbocycles. The second-order valence-electron chi connectivity index (χ2n) is 9.52. The summed E-state index contributed by atoms with van der Waals surface area (Å²) in [5.74, 6) is -0.520. The molecule has 3 heterocycles. The van der Waals surface area contributed by atoms with Gasteiger partial charge in [-0.1, -0.05) is 24.2 Å². The summed E-state index contributed by atoms with van der Waals surface area (Å²) < 4.78 is 22.3. The van der Waals surface area contributed by atoms with Gasteiger partial charge in [-0.15, -0.1) is 0 Å². The fourth-order valence-electron chi connectivity index (χ4n) is 5.36. The van der Waals surface area contributed by atoms with E-state index in [0.29, 0.717) is 29.8 Å². The van der Waals surface area contributed by atoms with Gasteiger partial charge in [0.15, 0.2) is 5.75 Å². The Morgan fingerprint density at radius 2 is 2.05 bits per heavy atom. The van der Waals surface area contributed by atoms with Crippen molar-refractivity contribution in [3.8, 4) is 22.6 Å². The van der Waals surface area contributed by atoms with Gasteiger partial charge in [0.25, 0.3) is 0 Å². The predicted molar refractivity (Wildman–Crippen MR) is 139 cm³/mol. The van der Waals surface area contributed by atoms with E-state index in [0.717, 1.165) is 0 Å². The minimum Gasteiger partial charge on any atom is -0.507 e. The quantitative estimate of drug-likeness (QED) is 0.432. The summed E-state index contributed by atoms with van der Waals surface area (Å²) in [5, 5.41) is 31.4. The second-order valence-corrected chi connectivity index (χ2v) is 9.93. The van der Waals surface area contributed by atoms with Gasteiger partial charge >= 0.3 is 5.69 Å². The molecule has 2 aliphatic heterocycles. The van der Waals surface area contributed by atoms with Crippen molar-refractivity contribution in [3.05, 3.63) is 58.2 Å². The third-order valence-electron chi connectivity index (χ3n) is 7.19. The number of piperazine rings is 1. The Hall–Kier alpha value is -3.18. The topological polar surface area (TPSA) is 111 Å². The van der Waals surface area contributed by atoms with Crippen LogP contribution in [0.2, 0.25) is 5.02 Å². The van der Waals surface area contributed by atoms with E-state index in [1.54, 1.807) is 6.07 Å². The number of aliphatic hydroxyl groups excluding tert-OH is 2. The zero-order valence-electron chi connectivity index (χ0n) is 20.4. The number of phenolic OH excluding ortho intramolecular Hbond substituents is 1. The smallest absolute Gasteiger partial charge is 0.350 e. The molecule has 1 unspecified atom stereocenters. The maximum absolute atomic E-state index is 14.9. The summed E-state index contributed by atoms with van der Waals surface area (Å²) in [6, 6.07) is 4.56. The van der Waals surface area contributed by atoms with Crippen LogP contribution in [-0.2, 0) is 0 Å². The number of nitrogens with zero attached hydrogens (tertiary/aromatic N) is 4. The largest absolute Gasteiger partial charge is 0.507 e. The summed E-state index contributed by atoms with van der Waals surface area (Å²) in [7, 11) is 0. The summed E-state index contributed by atoms with van der Waals surface area (Å²) in [4.78, 5) is 21.7. The zero-order valence-corrected chi connectivity index (χ0v) is 21.2. The summed E-state index contributed by atoms with van der Waals surface area (Å²) in [6.07, 6.45) is 0.663. The maximum atomic E-state index is 14.9. The van der Waals surface area contributed by atoms with Crippen LogP contribution >= 0.6 is 11.6 Å². The van der Waals surface area contributed by atoms with Crippen molar-refractivity contribution in [1.29, 1.82) is 0 Å². The number of benzene rings is 2. The Balaban J connectivity index is 1.77. The molecular formula is C26H28ClFN4O5. The van der Waals surface area contributed by atoms with Crippen molar-refractivity contribution in [2.45, 2.75) is 38.2 Å². The Morgan fingerprint density at radius 3 is 2.73 bits per heavy atom. The average Bonchev–Trinajstić information content (AvgIpc) is 2.87. The molecule has 0 amide bonds. The van der Waals surface area contributed by atoms with Crippen molar-refractivity contribution in [2.24, 2.45) is 0 Å². The summed E-state index contributed by atoms with van der Waals surface area (Å²) >= 11 is 6.72. The van der Waals surface area contributed by atoms with E-state index in [1.807, 2.05) is 23.6 Å². The van der Waals surface area contributed by atoms with Crippen LogP contribution in [0, 0.1) is 5.82 Å². The van der Waals surface area contributed by atoms with E-state index >= 15 is 0 Å². The minimum absolute atomic E-state index is 0.0619. The SMILES string of the molecule is C=CC(O)N1C[C@H](C)N(c2nc(=O)n3c4c(c(-c5c(O)cccc5F)c(Cl)cc24)OC[C@H]3CO)C[C@H]1C. The Labute approximate surface area is 217 Å². The van der Waals surface area contributed by atoms with Gasteiger partial charge in [0.1, 0.15) is 30.2 Å². The number of hydrogen-bond donors (Lipinski definition) is 3. The molecule has 9 nitrogen and oxygen atoms in total. The number of anilines is 1. The number of aliphatic hydroxyl groups is 2. The first-order chi connectivity index (χ1) is 17.7. The number of rotatable bonds is 5. The zero-order chi connectivity index (χ0) is 26.6. The lowest BCUT2D eigenvalue weighted by molar-refractivity contribution is 0.0000437. The molecule has 2 aliphatic rings. The van der Waals surface area contributed by atoms with E-state index in [4.69, 9.17) is 16.3 Å². The number of halogens is 2. The maximum Gasteiger partial charge on any atom is 0.350 e. The molecule has 0 aliphatic carbocycles. The standard InChI is InChI=1S/C26H28ClFN4O5/c1-4-20(35)30-9-14(3)31(10-13(30)2)25-16-8-17(27)21(22-18(28)6-5-7-19(22)34)24-23(16)32(26(36)29-25)15(11-33)12-37-24/h4-8,13-15,20,33-35H,1,9-12H2,2-3H3/t13-,14+,15-,20?/m1/s1. The van der Waals surface area contributed by atoms with Gasteiger partial charge in [0.2, 0.25) is 0 Å². The number of hydrogen-bond acceptors (Lipinski definition) is 8. The summed E-state index contributed by atoms with van der Waals surface area (Å²) in [6.45, 7) is 8.09. The molecule has 11 heteroatoms. The van der Waals surface area contributed by atoms with Crippen LogP contribution in [0.4, 0.5) is 10.2 Å². The van der Waals surface area contributed by atoms with Crippen LogP contribution in [-0.4, -0.2) is 74.4 Å². The Bertz CT molecular complexity index is 1430. The van der Waals surface area contributed by atoms with E-state index in [1.165, 1.54) is 28.8 Å². The molecule has 5 rings (SSSR count). The van der Waals surface area contributed by atoms with Crippen molar-refractivity contribution in [3.63, 3.8) is 0 Å². The van der Waals surface area contributed by atoms with Crippen LogP contribution in [0.15, 0.2) is 41.7 Å². The van der Waals surface area contributed by atoms with Crippen LogP contribution in [0.25, 0.3) is 22.0 Å². The number of phenols is 1. The summed E-state index contributed by atoms with van der Waals surface area (Å²) in [5.41, 5.74) is -0.300. The molecule has 0 radical (unpaired) electrons. The molecule has 1 fully saturated rings. The molecule has 3 aromatic rings. The number of ether oxygens (including phenoxy) is 1. The lowest BCUT2D eigenvalue weighted by Gasteiger charge is -2.46. The lowest BCUT2D eigenvalue weighted by atomic mass is 9.98. The van der Waals surface area contributed by atoms with Gasteiger partial charge in [-0.25, -0.2) is 9.18 Å². The molecule has 196 valence electrons. The van der Waals surface area contributed by atoms with Gasteiger partial charge in [-0.3, -0.25) is 9.47 Å². The monoisotopic (exact) mass is 530 g/mol. The highest BCUT2D eigenvalue weighted by Crippen LogP contribution is 2.49. The van der Waals surface area contributed by atoms with E-state index in [-0.39, 0.29) is 52.9 Å². The third kappa shape index (κ3) is 4.04. The Morgan fingerprint density at radius 1 is 1.30 bits per heavy atom. The van der Waals surface area contributed by atoms with Gasteiger partial charge in [0, 0.05) is 30.6 Å². The molecule has 0 saturated carbocycles. The highest BCUT2D eigenvalue weighted by atomic mass is 35.5. The lowest BCUT2D eigenvalue weighted by Crippen LogP contribution is -2.59. The molecule has 0 spiro atoms. The molecule has 1 aromatic heterocycles. The fraction of sp³-hybridized carbons (Fsp3) is 0.385. The molecule has 0 bridgehead atoms. The first-order valence-electron chi connectivity index (χ1n) is 12.0. The van der Waals surface area contributed by atoms with Crippen LogP contribution in [0.1, 0.15) is 19.9 Å². The predicted octanol–water partition coefficient (Wildman–Crippen LogP) is 2.89. The molecule has 1 saturated heterocycles. The number of aromatic nitrogens is 2. The van der Waals surface area contributed by atoms with Gasteiger partial charge in [-0.2, -0.15) is 4.98 Å². The van der Waals surface area contributed by atoms with Crippen molar-refractivity contribution >= 4 is 28.3 Å². The normalized spacial score (nSPS) is 22.6. The van der Waals surface area contributed by atoms with Gasteiger partial charge in [0.05, 0.1) is 34.3 Å². The molecular weight excluding hydrogens is 503 g/mol. The van der Waals surface area contributed by atoms with Gasteiger partial charge < -0.3 is 25.0 Å². The number of aromatic hydroxyl groups is 1. The van der Waals surface area contributed by atoms with Crippen LogP contribution in [0.3, 0.4) is 0 Å². The minimum atomic E-state index is -0.807. The fourth-order valence-corrected chi connectivity index (χ4v) is 5.65. The molecule has 4 atom stereocenters. The first kappa shape index (κ1) is 25.5. The Kier molecular flexibility index (Phi) is 6.61. The second kappa shape index (κ2) is 9.60. The molecule has 37 heavy (non-hydrogen) atoms. The van der Waals surface area contributed by atoms with Gasteiger partial charge in [-0.05, 0) is 38.1 Å². The van der Waals surface area contributed by atoms with Crippen molar-refractivity contribution in [2.75, 3.05) is 31.2 Å². The first-order valence-corrected chi connectivity index (χ1v) is 12.4. The van der Waals surface area contributed by atoms with Crippen LogP contribution in [0.5, 0.6) is 11.5 Å².